The zero-order valence-electron chi connectivity index (χ0n) is 11.2. The number of hydrogen-bond acceptors (Lipinski definition) is 3. The normalized spacial score (nSPS) is 10.5. The molecule has 4 heteroatoms. The van der Waals surface area contributed by atoms with Crippen LogP contribution in [0.2, 0.25) is 5.15 Å². The summed E-state index contributed by atoms with van der Waals surface area (Å²) in [6.07, 6.45) is 1.94. The predicted octanol–water partition coefficient (Wildman–Crippen LogP) is 4.15. The first kappa shape index (κ1) is 13.8. The van der Waals surface area contributed by atoms with E-state index in [1.54, 1.807) is 0 Å². The number of benzene rings is 1. The summed E-state index contributed by atoms with van der Waals surface area (Å²) in [7, 11) is 0. The molecule has 0 atom stereocenters. The van der Waals surface area contributed by atoms with Gasteiger partial charge in [0.2, 0.25) is 0 Å². The van der Waals surface area contributed by atoms with Crippen molar-refractivity contribution in [2.24, 2.45) is 0 Å². The molecule has 0 aliphatic rings. The zero-order valence-corrected chi connectivity index (χ0v) is 11.9. The van der Waals surface area contributed by atoms with Crippen LogP contribution in [-0.4, -0.2) is 16.6 Å². The topological polar surface area (TPSA) is 35.0 Å². The minimum Gasteiger partial charge on any atom is -0.494 e. The summed E-state index contributed by atoms with van der Waals surface area (Å²) in [5, 5.41) is 0.482. The Labute approximate surface area is 118 Å². The Balaban J connectivity index is 2.37. The molecule has 2 aromatic rings. The molecule has 1 aromatic heterocycles. The maximum atomic E-state index is 6.05. The van der Waals surface area contributed by atoms with Crippen LogP contribution in [0.3, 0.4) is 0 Å². The molecule has 1 aromatic carbocycles. The highest BCUT2D eigenvalue weighted by atomic mass is 35.5. The van der Waals surface area contributed by atoms with E-state index in [1.165, 1.54) is 0 Å². The van der Waals surface area contributed by atoms with Crippen LogP contribution in [0.5, 0.6) is 5.75 Å². The second-order valence-corrected chi connectivity index (χ2v) is 4.60. The lowest BCUT2D eigenvalue weighted by atomic mass is 10.2. The first-order valence-corrected chi connectivity index (χ1v) is 6.87. The summed E-state index contributed by atoms with van der Waals surface area (Å²) < 4.78 is 5.49. The van der Waals surface area contributed by atoms with Crippen LogP contribution in [-0.2, 0) is 6.42 Å². The maximum Gasteiger partial charge on any atom is 0.161 e. The molecule has 19 heavy (non-hydrogen) atoms. The van der Waals surface area contributed by atoms with Crippen LogP contribution in [0.4, 0.5) is 0 Å². The average molecular weight is 277 g/mol. The van der Waals surface area contributed by atoms with Gasteiger partial charge in [0.1, 0.15) is 10.9 Å². The molecule has 0 radical (unpaired) electrons. The fraction of sp³-hybridized carbons (Fsp3) is 0.333. The molecule has 3 nitrogen and oxygen atoms in total. The highest BCUT2D eigenvalue weighted by Crippen LogP contribution is 2.23. The second-order valence-electron chi connectivity index (χ2n) is 4.22. The summed E-state index contributed by atoms with van der Waals surface area (Å²) >= 11 is 6.05. The van der Waals surface area contributed by atoms with Gasteiger partial charge in [-0.1, -0.05) is 37.1 Å². The smallest absolute Gasteiger partial charge is 0.161 e. The monoisotopic (exact) mass is 276 g/mol. The molecule has 0 spiro atoms. The lowest BCUT2D eigenvalue weighted by Crippen LogP contribution is -1.97. The lowest BCUT2D eigenvalue weighted by molar-refractivity contribution is 0.340. The van der Waals surface area contributed by atoms with Gasteiger partial charge in [0.15, 0.2) is 5.82 Å². The highest BCUT2D eigenvalue weighted by Gasteiger charge is 2.06. The van der Waals surface area contributed by atoms with Crippen molar-refractivity contribution >= 4 is 11.6 Å². The number of aryl methyl sites for hydroxylation is 1. The molecule has 0 bridgehead atoms. The van der Waals surface area contributed by atoms with Gasteiger partial charge < -0.3 is 4.74 Å². The summed E-state index contributed by atoms with van der Waals surface area (Å²) in [5.74, 6) is 1.47. The number of aromatic nitrogens is 2. The molecule has 0 saturated carbocycles. The average Bonchev–Trinajstić information content (AvgIpc) is 2.39. The van der Waals surface area contributed by atoms with Crippen molar-refractivity contribution in [1.29, 1.82) is 0 Å². The van der Waals surface area contributed by atoms with E-state index in [1.807, 2.05) is 37.3 Å². The van der Waals surface area contributed by atoms with E-state index in [0.29, 0.717) is 17.6 Å². The van der Waals surface area contributed by atoms with Crippen LogP contribution >= 0.6 is 11.6 Å². The van der Waals surface area contributed by atoms with Gasteiger partial charge in [0, 0.05) is 11.3 Å². The Morgan fingerprint density at radius 1 is 1.16 bits per heavy atom. The van der Waals surface area contributed by atoms with Crippen LogP contribution in [0, 0.1) is 0 Å². The first-order valence-electron chi connectivity index (χ1n) is 6.49. The van der Waals surface area contributed by atoms with Crippen molar-refractivity contribution in [3.8, 4) is 17.1 Å². The van der Waals surface area contributed by atoms with E-state index in [2.05, 4.69) is 16.9 Å². The summed E-state index contributed by atoms with van der Waals surface area (Å²) in [6, 6.07) is 9.57. The van der Waals surface area contributed by atoms with Gasteiger partial charge in [0.05, 0.1) is 6.61 Å². The van der Waals surface area contributed by atoms with E-state index < -0.39 is 0 Å². The van der Waals surface area contributed by atoms with Crippen LogP contribution in [0.1, 0.15) is 26.0 Å². The quantitative estimate of drug-likeness (QED) is 0.770. The molecule has 2 rings (SSSR count). The Bertz CT molecular complexity index is 558. The van der Waals surface area contributed by atoms with Crippen molar-refractivity contribution in [2.45, 2.75) is 26.7 Å². The van der Waals surface area contributed by atoms with Crippen LogP contribution in [0.25, 0.3) is 11.4 Å². The zero-order chi connectivity index (χ0) is 13.7. The molecule has 0 saturated heterocycles. The minimum atomic E-state index is 0.482. The summed E-state index contributed by atoms with van der Waals surface area (Å²) in [4.78, 5) is 8.83. The fourth-order valence-corrected chi connectivity index (χ4v) is 2.08. The third-order valence-corrected chi connectivity index (χ3v) is 2.85. The van der Waals surface area contributed by atoms with Crippen LogP contribution < -0.4 is 4.74 Å². The maximum absolute atomic E-state index is 6.05. The second kappa shape index (κ2) is 6.53. The first-order chi connectivity index (χ1) is 9.22. The molecular weight excluding hydrogens is 260 g/mol. The molecule has 0 fully saturated rings. The van der Waals surface area contributed by atoms with Crippen molar-refractivity contribution in [3.05, 3.63) is 41.2 Å². The number of nitrogens with zero attached hydrogens (tertiary/aromatic N) is 2. The molecule has 0 aliphatic heterocycles. The highest BCUT2D eigenvalue weighted by molar-refractivity contribution is 6.29. The van der Waals surface area contributed by atoms with Crippen molar-refractivity contribution in [1.82, 2.24) is 9.97 Å². The largest absolute Gasteiger partial charge is 0.494 e. The van der Waals surface area contributed by atoms with Gasteiger partial charge in [-0.3, -0.25) is 0 Å². The standard InChI is InChI=1S/C15H17ClN2O/c1-3-6-12-10-14(16)18-15(17-12)11-7-5-8-13(9-11)19-4-2/h5,7-10H,3-4,6H2,1-2H3. The third kappa shape index (κ3) is 3.67. The number of rotatable bonds is 5. The van der Waals surface area contributed by atoms with Crippen molar-refractivity contribution in [3.63, 3.8) is 0 Å². The van der Waals surface area contributed by atoms with Gasteiger partial charge in [-0.2, -0.15) is 0 Å². The molecule has 100 valence electrons. The molecule has 0 aliphatic carbocycles. The minimum absolute atomic E-state index is 0.482. The molecule has 0 N–H and O–H groups in total. The van der Waals surface area contributed by atoms with Gasteiger partial charge >= 0.3 is 0 Å². The molecule has 1 heterocycles. The molecule has 0 amide bonds. The summed E-state index contributed by atoms with van der Waals surface area (Å²) in [5.41, 5.74) is 1.89. The van der Waals surface area contributed by atoms with E-state index in [0.717, 1.165) is 29.8 Å². The Kier molecular flexibility index (Phi) is 4.74. The SMILES string of the molecule is CCCc1cc(Cl)nc(-c2cccc(OCC)c2)n1. The van der Waals surface area contributed by atoms with Crippen molar-refractivity contribution in [2.75, 3.05) is 6.61 Å². The lowest BCUT2D eigenvalue weighted by Gasteiger charge is -2.07. The Morgan fingerprint density at radius 3 is 2.74 bits per heavy atom. The van der Waals surface area contributed by atoms with E-state index in [4.69, 9.17) is 16.3 Å². The van der Waals surface area contributed by atoms with Crippen molar-refractivity contribution < 1.29 is 4.74 Å². The van der Waals surface area contributed by atoms with E-state index in [9.17, 15) is 0 Å². The van der Waals surface area contributed by atoms with Crippen LogP contribution in [0.15, 0.2) is 30.3 Å². The van der Waals surface area contributed by atoms with Gasteiger partial charge in [-0.15, -0.1) is 0 Å². The van der Waals surface area contributed by atoms with E-state index >= 15 is 0 Å². The Hall–Kier alpha value is -1.61. The summed E-state index contributed by atoms with van der Waals surface area (Å²) in [6.45, 7) is 4.72. The number of hydrogen-bond donors (Lipinski definition) is 0. The van der Waals surface area contributed by atoms with Gasteiger partial charge in [-0.05, 0) is 31.5 Å². The molecular formula is C15H17ClN2O. The fourth-order valence-electron chi connectivity index (χ4n) is 1.87. The third-order valence-electron chi connectivity index (χ3n) is 2.66. The Morgan fingerprint density at radius 2 is 2.00 bits per heavy atom. The van der Waals surface area contributed by atoms with E-state index in [-0.39, 0.29) is 0 Å². The molecule has 0 unspecified atom stereocenters. The van der Waals surface area contributed by atoms with Gasteiger partial charge in [0.25, 0.3) is 0 Å². The predicted molar refractivity (Wildman–Crippen MR) is 77.6 cm³/mol. The van der Waals surface area contributed by atoms with Gasteiger partial charge in [-0.25, -0.2) is 9.97 Å². The number of ether oxygens (including phenoxy) is 1. The number of halogens is 1.